The Balaban J connectivity index is 1.38. The highest BCUT2D eigenvalue weighted by Gasteiger charge is 2.16. The zero-order chi connectivity index (χ0) is 26.9. The summed E-state index contributed by atoms with van der Waals surface area (Å²) in [7, 11) is 5.52. The Morgan fingerprint density at radius 2 is 1.67 bits per heavy atom. The summed E-state index contributed by atoms with van der Waals surface area (Å²) in [5.41, 5.74) is 6.23. The number of fused-ring (bicyclic) bond motifs is 2. The van der Waals surface area contributed by atoms with E-state index in [1.165, 1.54) is 19.2 Å². The molecular weight excluding hydrogens is 497 g/mol. The molecule has 9 nitrogen and oxygen atoms in total. The van der Waals surface area contributed by atoms with Crippen molar-refractivity contribution in [2.75, 3.05) is 34.4 Å². The number of benzene rings is 1. The molecule has 0 atom stereocenters. The van der Waals surface area contributed by atoms with E-state index in [1.54, 1.807) is 37.1 Å². The monoisotopic (exact) mass is 523 g/mol. The molecule has 0 fully saturated rings. The van der Waals surface area contributed by atoms with E-state index >= 15 is 0 Å². The van der Waals surface area contributed by atoms with Gasteiger partial charge in [-0.25, -0.2) is 9.37 Å². The molecule has 2 N–H and O–H groups in total. The van der Waals surface area contributed by atoms with Gasteiger partial charge in [-0.3, -0.25) is 15.1 Å². The minimum atomic E-state index is -0.378. The Morgan fingerprint density at radius 3 is 2.51 bits per heavy atom. The van der Waals surface area contributed by atoms with Crippen LogP contribution in [0.25, 0.3) is 55.6 Å². The smallest absolute Gasteiger partial charge is 0.181 e. The molecule has 39 heavy (non-hydrogen) atoms. The van der Waals surface area contributed by atoms with Crippen molar-refractivity contribution in [1.82, 2.24) is 35.0 Å². The molecule has 0 aliphatic carbocycles. The normalized spacial score (nSPS) is 11.5. The highest BCUT2D eigenvalue weighted by Crippen LogP contribution is 2.35. The van der Waals surface area contributed by atoms with Crippen molar-refractivity contribution in [3.63, 3.8) is 0 Å². The van der Waals surface area contributed by atoms with E-state index in [2.05, 4.69) is 35.0 Å². The standard InChI is InChI=1S/C29H26FN7O2/c1-37(2)4-5-39-22-8-18(12-31-14-22)19-9-24-28(35-36-29(24)33-13-19)26-11-23-25(15-32-16-27(23)34-26)17-6-20(30)10-21(7-17)38-3/h6-16,34H,4-5H2,1-3H3,(H,33,35,36). The quantitative estimate of drug-likeness (QED) is 0.278. The molecular formula is C29H26FN7O2. The van der Waals surface area contributed by atoms with Crippen LogP contribution in [-0.2, 0) is 0 Å². The minimum Gasteiger partial charge on any atom is -0.497 e. The molecule has 0 amide bonds. The van der Waals surface area contributed by atoms with E-state index in [9.17, 15) is 4.39 Å². The molecule has 0 bridgehead atoms. The molecule has 6 aromatic rings. The lowest BCUT2D eigenvalue weighted by molar-refractivity contribution is 0.261. The topological polar surface area (TPSA) is 105 Å². The Labute approximate surface area is 223 Å². The van der Waals surface area contributed by atoms with E-state index in [-0.39, 0.29) is 5.82 Å². The Kier molecular flexibility index (Phi) is 6.37. The van der Waals surface area contributed by atoms with Gasteiger partial charge in [0, 0.05) is 58.7 Å². The number of aromatic amines is 2. The predicted octanol–water partition coefficient (Wildman–Crippen LogP) is 5.32. The van der Waals surface area contributed by atoms with Gasteiger partial charge in [-0.2, -0.15) is 5.10 Å². The van der Waals surface area contributed by atoms with Crippen LogP contribution in [0.15, 0.2) is 67.4 Å². The number of rotatable bonds is 8. The fourth-order valence-corrected chi connectivity index (χ4v) is 4.52. The first-order chi connectivity index (χ1) is 19.0. The molecule has 0 unspecified atom stereocenters. The number of methoxy groups -OCH3 is 1. The van der Waals surface area contributed by atoms with Gasteiger partial charge in [0.05, 0.1) is 36.4 Å². The third kappa shape index (κ3) is 4.89. The highest BCUT2D eigenvalue weighted by molar-refractivity contribution is 6.00. The lowest BCUT2D eigenvalue weighted by atomic mass is 10.0. The zero-order valence-corrected chi connectivity index (χ0v) is 21.7. The number of nitrogens with zero attached hydrogens (tertiary/aromatic N) is 5. The van der Waals surface area contributed by atoms with E-state index < -0.39 is 0 Å². The first kappa shape index (κ1) is 24.5. The first-order valence-corrected chi connectivity index (χ1v) is 12.4. The lowest BCUT2D eigenvalue weighted by Crippen LogP contribution is -2.19. The summed E-state index contributed by atoms with van der Waals surface area (Å²) in [5.74, 6) is 0.765. The molecule has 5 aromatic heterocycles. The molecule has 6 rings (SSSR count). The minimum absolute atomic E-state index is 0.378. The van der Waals surface area contributed by atoms with Gasteiger partial charge in [0.1, 0.15) is 23.9 Å². The van der Waals surface area contributed by atoms with E-state index in [1.807, 2.05) is 32.3 Å². The molecule has 196 valence electrons. The van der Waals surface area contributed by atoms with Gasteiger partial charge in [-0.1, -0.05) is 0 Å². The number of ether oxygens (including phenoxy) is 2. The number of pyridine rings is 3. The maximum atomic E-state index is 14.3. The second-order valence-electron chi connectivity index (χ2n) is 9.47. The average Bonchev–Trinajstić information content (AvgIpc) is 3.56. The summed E-state index contributed by atoms with van der Waals surface area (Å²) < 4.78 is 25.4. The molecule has 1 aromatic carbocycles. The molecule has 10 heteroatoms. The second kappa shape index (κ2) is 10.1. The second-order valence-corrected chi connectivity index (χ2v) is 9.47. The largest absolute Gasteiger partial charge is 0.497 e. The van der Waals surface area contributed by atoms with Crippen molar-refractivity contribution in [3.8, 4) is 45.1 Å². The summed E-state index contributed by atoms with van der Waals surface area (Å²) in [4.78, 5) is 18.8. The third-order valence-corrected chi connectivity index (χ3v) is 6.50. The number of aromatic nitrogens is 6. The van der Waals surface area contributed by atoms with Crippen LogP contribution in [-0.4, -0.2) is 69.4 Å². The summed E-state index contributed by atoms with van der Waals surface area (Å²) in [5, 5.41) is 9.27. The zero-order valence-electron chi connectivity index (χ0n) is 21.7. The fraction of sp³-hybridized carbons (Fsp3) is 0.172. The molecule has 5 heterocycles. The molecule has 0 radical (unpaired) electrons. The first-order valence-electron chi connectivity index (χ1n) is 12.4. The van der Waals surface area contributed by atoms with Crippen LogP contribution in [0, 0.1) is 5.82 Å². The SMILES string of the molecule is COc1cc(F)cc(-c2cncc3[nH]c(-c4[nH]nc5ncc(-c6cncc(OCCN(C)C)c6)cc45)cc23)c1. The van der Waals surface area contributed by atoms with Crippen LogP contribution in [0.4, 0.5) is 4.39 Å². The van der Waals surface area contributed by atoms with Crippen molar-refractivity contribution in [2.45, 2.75) is 0 Å². The number of halogens is 1. The molecule has 0 spiro atoms. The van der Waals surface area contributed by atoms with Gasteiger partial charge >= 0.3 is 0 Å². The fourth-order valence-electron chi connectivity index (χ4n) is 4.52. The average molecular weight is 524 g/mol. The maximum absolute atomic E-state index is 14.3. The number of H-pyrrole nitrogens is 2. The molecule has 0 aliphatic rings. The van der Waals surface area contributed by atoms with Crippen LogP contribution in [0.1, 0.15) is 0 Å². The molecule has 0 saturated heterocycles. The van der Waals surface area contributed by atoms with E-state index in [0.717, 1.165) is 50.9 Å². The van der Waals surface area contributed by atoms with Crippen molar-refractivity contribution in [3.05, 3.63) is 73.2 Å². The van der Waals surface area contributed by atoms with Crippen LogP contribution in [0.5, 0.6) is 11.5 Å². The van der Waals surface area contributed by atoms with Gasteiger partial charge in [0.15, 0.2) is 5.65 Å². The van der Waals surface area contributed by atoms with E-state index in [0.29, 0.717) is 29.3 Å². The number of hydrogen-bond acceptors (Lipinski definition) is 7. The highest BCUT2D eigenvalue weighted by atomic mass is 19.1. The predicted molar refractivity (Wildman–Crippen MR) is 148 cm³/mol. The Morgan fingerprint density at radius 1 is 0.846 bits per heavy atom. The van der Waals surface area contributed by atoms with Gasteiger partial charge in [-0.05, 0) is 50.0 Å². The molecule has 0 aliphatic heterocycles. The van der Waals surface area contributed by atoms with Crippen LogP contribution < -0.4 is 9.47 Å². The van der Waals surface area contributed by atoms with Gasteiger partial charge in [0.2, 0.25) is 0 Å². The molecule has 0 saturated carbocycles. The third-order valence-electron chi connectivity index (χ3n) is 6.50. The maximum Gasteiger partial charge on any atom is 0.181 e. The van der Waals surface area contributed by atoms with Crippen molar-refractivity contribution < 1.29 is 13.9 Å². The summed E-state index contributed by atoms with van der Waals surface area (Å²) in [6.45, 7) is 1.38. The Hall–Kier alpha value is -4.83. The Bertz CT molecular complexity index is 1790. The van der Waals surface area contributed by atoms with Gasteiger partial charge in [-0.15, -0.1) is 0 Å². The van der Waals surface area contributed by atoms with E-state index in [4.69, 9.17) is 9.47 Å². The number of likely N-dealkylation sites (N-methyl/N-ethyl adjacent to an activating group) is 1. The lowest BCUT2D eigenvalue weighted by Gasteiger charge is -2.11. The van der Waals surface area contributed by atoms with Crippen molar-refractivity contribution in [1.29, 1.82) is 0 Å². The van der Waals surface area contributed by atoms with Crippen LogP contribution in [0.2, 0.25) is 0 Å². The summed E-state index contributed by atoms with van der Waals surface area (Å²) in [6, 6.07) is 10.6. The van der Waals surface area contributed by atoms with Crippen molar-refractivity contribution >= 4 is 21.9 Å². The van der Waals surface area contributed by atoms with Crippen LogP contribution >= 0.6 is 0 Å². The van der Waals surface area contributed by atoms with Gasteiger partial charge < -0.3 is 19.4 Å². The van der Waals surface area contributed by atoms with Crippen LogP contribution in [0.3, 0.4) is 0 Å². The van der Waals surface area contributed by atoms with Crippen molar-refractivity contribution in [2.24, 2.45) is 0 Å². The summed E-state index contributed by atoms with van der Waals surface area (Å²) in [6.07, 6.45) is 8.74. The number of nitrogens with one attached hydrogen (secondary N) is 2. The van der Waals surface area contributed by atoms with Gasteiger partial charge in [0.25, 0.3) is 0 Å². The number of hydrogen-bond donors (Lipinski definition) is 2. The summed E-state index contributed by atoms with van der Waals surface area (Å²) >= 11 is 0.